The van der Waals surface area contributed by atoms with Crippen molar-refractivity contribution in [3.63, 3.8) is 0 Å². The maximum atomic E-state index is 10.8. The highest BCUT2D eigenvalue weighted by Gasteiger charge is 2.41. The highest BCUT2D eigenvalue weighted by molar-refractivity contribution is 6.31. The molecule has 1 aromatic carbocycles. The molecule has 0 radical (unpaired) electrons. The molecule has 100 valence electrons. The number of benzene rings is 1. The molecule has 0 amide bonds. The van der Waals surface area contributed by atoms with Gasteiger partial charge in [0.15, 0.2) is 0 Å². The van der Waals surface area contributed by atoms with E-state index in [1.165, 1.54) is 0 Å². The molecule has 3 heteroatoms. The van der Waals surface area contributed by atoms with Crippen LogP contribution in [0.15, 0.2) is 24.3 Å². The summed E-state index contributed by atoms with van der Waals surface area (Å²) in [4.78, 5) is 0. The third-order valence-corrected chi connectivity index (χ3v) is 4.31. The van der Waals surface area contributed by atoms with Crippen molar-refractivity contribution in [2.75, 3.05) is 6.61 Å². The van der Waals surface area contributed by atoms with Crippen molar-refractivity contribution in [1.29, 1.82) is 0 Å². The van der Waals surface area contributed by atoms with E-state index in [2.05, 4.69) is 13.8 Å². The smallest absolute Gasteiger partial charge is 0.0737 e. The average Bonchev–Trinajstić information content (AvgIpc) is 2.32. The van der Waals surface area contributed by atoms with Crippen LogP contribution in [0.2, 0.25) is 5.02 Å². The molecule has 1 saturated heterocycles. The van der Waals surface area contributed by atoms with Crippen molar-refractivity contribution >= 4 is 11.6 Å². The number of aliphatic hydroxyl groups is 1. The molecule has 18 heavy (non-hydrogen) atoms. The van der Waals surface area contributed by atoms with Crippen LogP contribution in [-0.2, 0) is 11.2 Å². The van der Waals surface area contributed by atoms with Crippen LogP contribution in [0.3, 0.4) is 0 Å². The molecule has 0 aromatic heterocycles. The van der Waals surface area contributed by atoms with E-state index in [1.807, 2.05) is 24.3 Å². The molecule has 2 rings (SSSR count). The van der Waals surface area contributed by atoms with Gasteiger partial charge in [-0.2, -0.15) is 0 Å². The van der Waals surface area contributed by atoms with Crippen LogP contribution in [0.25, 0.3) is 0 Å². The fraction of sp³-hybridized carbons (Fsp3) is 0.600. The second-order valence-corrected chi connectivity index (χ2v) is 5.98. The molecule has 0 spiro atoms. The van der Waals surface area contributed by atoms with Gasteiger partial charge in [0, 0.05) is 17.9 Å². The number of hydrogen-bond acceptors (Lipinski definition) is 2. The molecule has 1 fully saturated rings. The van der Waals surface area contributed by atoms with Crippen molar-refractivity contribution < 1.29 is 9.84 Å². The molecule has 2 unspecified atom stereocenters. The number of ether oxygens (including phenoxy) is 1. The fourth-order valence-corrected chi connectivity index (χ4v) is 2.90. The second-order valence-electron chi connectivity index (χ2n) is 5.57. The SMILES string of the molecule is CCC1(C)CC(O)(Cc2ccccc2Cl)CCO1. The number of halogens is 1. The van der Waals surface area contributed by atoms with Crippen LogP contribution in [0.1, 0.15) is 38.7 Å². The van der Waals surface area contributed by atoms with Gasteiger partial charge in [-0.25, -0.2) is 0 Å². The van der Waals surface area contributed by atoms with Gasteiger partial charge in [-0.1, -0.05) is 36.7 Å². The van der Waals surface area contributed by atoms with Gasteiger partial charge in [0.25, 0.3) is 0 Å². The minimum Gasteiger partial charge on any atom is -0.389 e. The zero-order valence-corrected chi connectivity index (χ0v) is 11.8. The summed E-state index contributed by atoms with van der Waals surface area (Å²) in [5.41, 5.74) is 0.101. The summed E-state index contributed by atoms with van der Waals surface area (Å²) >= 11 is 6.17. The van der Waals surface area contributed by atoms with Gasteiger partial charge in [-0.15, -0.1) is 0 Å². The lowest BCUT2D eigenvalue weighted by atomic mass is 9.78. The Kier molecular flexibility index (Phi) is 4.00. The molecular weight excluding hydrogens is 248 g/mol. The molecule has 0 aliphatic carbocycles. The van der Waals surface area contributed by atoms with Crippen LogP contribution >= 0.6 is 11.6 Å². The van der Waals surface area contributed by atoms with E-state index in [0.29, 0.717) is 25.9 Å². The number of rotatable bonds is 3. The van der Waals surface area contributed by atoms with Crippen molar-refractivity contribution in [2.24, 2.45) is 0 Å². The van der Waals surface area contributed by atoms with Crippen LogP contribution in [0, 0.1) is 0 Å². The quantitative estimate of drug-likeness (QED) is 0.908. The minimum absolute atomic E-state index is 0.214. The Bertz CT molecular complexity index is 421. The Hall–Kier alpha value is -0.570. The lowest BCUT2D eigenvalue weighted by Crippen LogP contribution is -2.48. The molecular formula is C15H21ClO2. The Labute approximate surface area is 114 Å². The molecule has 2 nitrogen and oxygen atoms in total. The van der Waals surface area contributed by atoms with E-state index in [0.717, 1.165) is 17.0 Å². The summed E-state index contributed by atoms with van der Waals surface area (Å²) in [5, 5.41) is 11.5. The largest absolute Gasteiger partial charge is 0.389 e. The fourth-order valence-electron chi connectivity index (χ4n) is 2.70. The van der Waals surface area contributed by atoms with Crippen LogP contribution in [0.4, 0.5) is 0 Å². The normalized spacial score (nSPS) is 32.4. The summed E-state index contributed by atoms with van der Waals surface area (Å²) in [6, 6.07) is 7.73. The highest BCUT2D eigenvalue weighted by Crippen LogP contribution is 2.37. The summed E-state index contributed by atoms with van der Waals surface area (Å²) in [5.74, 6) is 0. The zero-order valence-electron chi connectivity index (χ0n) is 11.1. The Morgan fingerprint density at radius 2 is 2.11 bits per heavy atom. The molecule has 1 heterocycles. The first-order valence-corrected chi connectivity index (χ1v) is 6.94. The van der Waals surface area contributed by atoms with Crippen LogP contribution in [-0.4, -0.2) is 22.9 Å². The predicted molar refractivity (Wildman–Crippen MR) is 74.0 cm³/mol. The molecule has 0 bridgehead atoms. The Morgan fingerprint density at radius 3 is 2.78 bits per heavy atom. The van der Waals surface area contributed by atoms with E-state index >= 15 is 0 Å². The Balaban J connectivity index is 2.15. The summed E-state index contributed by atoms with van der Waals surface area (Å²) in [6.07, 6.45) is 2.86. The second kappa shape index (κ2) is 5.20. The monoisotopic (exact) mass is 268 g/mol. The van der Waals surface area contributed by atoms with Crippen molar-refractivity contribution in [2.45, 2.75) is 50.7 Å². The maximum absolute atomic E-state index is 10.8. The van der Waals surface area contributed by atoms with Gasteiger partial charge in [0.2, 0.25) is 0 Å². The zero-order chi connectivity index (χ0) is 13.2. The van der Waals surface area contributed by atoms with E-state index in [4.69, 9.17) is 16.3 Å². The summed E-state index contributed by atoms with van der Waals surface area (Å²) in [7, 11) is 0. The summed E-state index contributed by atoms with van der Waals surface area (Å²) in [6.45, 7) is 4.79. The maximum Gasteiger partial charge on any atom is 0.0737 e. The molecule has 1 aromatic rings. The standard InChI is InChI=1S/C15H21ClO2/c1-3-14(2)11-15(17,8-9-18-14)10-12-6-4-5-7-13(12)16/h4-7,17H,3,8-11H2,1-2H3. The van der Waals surface area contributed by atoms with Crippen LogP contribution < -0.4 is 0 Å². The van der Waals surface area contributed by atoms with Gasteiger partial charge in [-0.3, -0.25) is 0 Å². The van der Waals surface area contributed by atoms with Crippen molar-refractivity contribution in [3.8, 4) is 0 Å². The molecule has 1 aliphatic rings. The van der Waals surface area contributed by atoms with Gasteiger partial charge in [0.05, 0.1) is 17.8 Å². The molecule has 1 N–H and O–H groups in total. The van der Waals surface area contributed by atoms with E-state index < -0.39 is 5.60 Å². The first-order valence-electron chi connectivity index (χ1n) is 6.56. The first kappa shape index (κ1) is 13.9. The first-order chi connectivity index (χ1) is 8.46. The summed E-state index contributed by atoms with van der Waals surface area (Å²) < 4.78 is 5.79. The Morgan fingerprint density at radius 1 is 1.39 bits per heavy atom. The van der Waals surface area contributed by atoms with Gasteiger partial charge in [-0.05, 0) is 31.4 Å². The van der Waals surface area contributed by atoms with Crippen molar-refractivity contribution in [3.05, 3.63) is 34.9 Å². The topological polar surface area (TPSA) is 29.5 Å². The number of hydrogen-bond donors (Lipinski definition) is 1. The van der Waals surface area contributed by atoms with Gasteiger partial charge >= 0.3 is 0 Å². The van der Waals surface area contributed by atoms with E-state index in [1.54, 1.807) is 0 Å². The average molecular weight is 269 g/mol. The lowest BCUT2D eigenvalue weighted by molar-refractivity contribution is -0.152. The minimum atomic E-state index is -0.700. The third-order valence-electron chi connectivity index (χ3n) is 3.95. The van der Waals surface area contributed by atoms with E-state index in [-0.39, 0.29) is 5.60 Å². The predicted octanol–water partition coefficient (Wildman–Crippen LogP) is 3.59. The lowest BCUT2D eigenvalue weighted by Gasteiger charge is -2.43. The molecule has 1 aliphatic heterocycles. The molecule has 2 atom stereocenters. The van der Waals surface area contributed by atoms with Gasteiger partial charge in [0.1, 0.15) is 0 Å². The molecule has 0 saturated carbocycles. The van der Waals surface area contributed by atoms with Crippen LogP contribution in [0.5, 0.6) is 0 Å². The highest BCUT2D eigenvalue weighted by atomic mass is 35.5. The van der Waals surface area contributed by atoms with Crippen molar-refractivity contribution in [1.82, 2.24) is 0 Å². The van der Waals surface area contributed by atoms with Gasteiger partial charge < -0.3 is 9.84 Å². The third kappa shape index (κ3) is 3.05. The van der Waals surface area contributed by atoms with E-state index in [9.17, 15) is 5.11 Å².